The Balaban J connectivity index is 1.88. The van der Waals surface area contributed by atoms with Crippen LogP contribution in [0.15, 0.2) is 41.2 Å². The molecule has 2 heterocycles. The molecule has 1 aliphatic heterocycles. The number of carboxylic acid groups (broad SMARTS) is 1. The number of carbonyl (C=O) groups is 1. The minimum Gasteiger partial charge on any atom is -0.478 e. The molecule has 0 bridgehead atoms. The number of benzene rings is 1. The third-order valence-corrected chi connectivity index (χ3v) is 3.78. The van der Waals surface area contributed by atoms with Crippen LogP contribution in [0.25, 0.3) is 0 Å². The van der Waals surface area contributed by atoms with E-state index in [1.807, 2.05) is 18.2 Å². The molecule has 1 aromatic heterocycles. The third kappa shape index (κ3) is 2.87. The van der Waals surface area contributed by atoms with Gasteiger partial charge >= 0.3 is 5.97 Å². The summed E-state index contributed by atoms with van der Waals surface area (Å²) >= 11 is 0. The van der Waals surface area contributed by atoms with Crippen molar-refractivity contribution in [1.82, 2.24) is 9.88 Å². The molecule has 0 atom stereocenters. The van der Waals surface area contributed by atoms with Crippen molar-refractivity contribution in [3.63, 3.8) is 0 Å². The first-order valence-corrected chi connectivity index (χ1v) is 6.88. The minimum atomic E-state index is -1.04. The molecule has 5 nitrogen and oxygen atoms in total. The molecule has 21 heavy (non-hydrogen) atoms. The summed E-state index contributed by atoms with van der Waals surface area (Å²) in [7, 11) is 0. The molecule has 0 saturated heterocycles. The molecule has 0 saturated carbocycles. The minimum absolute atomic E-state index is 0.117. The molecule has 2 N–H and O–H groups in total. The average molecular weight is 284 g/mol. The highest BCUT2D eigenvalue weighted by atomic mass is 16.4. The number of aromatic nitrogens is 1. The fraction of sp³-hybridized carbons (Fsp3) is 0.250. The highest BCUT2D eigenvalue weighted by Gasteiger charge is 2.23. The number of aromatic carboxylic acids is 1. The summed E-state index contributed by atoms with van der Waals surface area (Å²) in [6, 6.07) is 11.2. The van der Waals surface area contributed by atoms with Gasteiger partial charge in [-0.1, -0.05) is 30.3 Å². The molecule has 5 heteroatoms. The van der Waals surface area contributed by atoms with Gasteiger partial charge in [-0.2, -0.15) is 0 Å². The predicted octanol–water partition coefficient (Wildman–Crippen LogP) is 1.63. The van der Waals surface area contributed by atoms with Crippen LogP contribution in [0, 0.1) is 0 Å². The molecule has 1 aromatic carbocycles. The monoisotopic (exact) mass is 284 g/mol. The Hall–Kier alpha value is -2.40. The van der Waals surface area contributed by atoms with E-state index in [2.05, 4.69) is 22.0 Å². The highest BCUT2D eigenvalue weighted by molar-refractivity contribution is 5.89. The number of nitrogens with zero attached hydrogens (tertiary/aromatic N) is 1. The number of nitrogens with one attached hydrogen (secondary N) is 1. The summed E-state index contributed by atoms with van der Waals surface area (Å²) in [6.45, 7) is 2.13. The van der Waals surface area contributed by atoms with E-state index in [-0.39, 0.29) is 11.1 Å². The molecule has 2 aromatic rings. The van der Waals surface area contributed by atoms with Gasteiger partial charge in [0, 0.05) is 43.4 Å². The molecule has 0 radical (unpaired) electrons. The predicted molar refractivity (Wildman–Crippen MR) is 78.3 cm³/mol. The van der Waals surface area contributed by atoms with E-state index < -0.39 is 5.97 Å². The summed E-state index contributed by atoms with van der Waals surface area (Å²) in [4.78, 5) is 27.8. The Kier molecular flexibility index (Phi) is 3.58. The largest absolute Gasteiger partial charge is 0.478 e. The van der Waals surface area contributed by atoms with Crippen LogP contribution in [-0.4, -0.2) is 27.5 Å². The van der Waals surface area contributed by atoms with Crippen molar-refractivity contribution in [3.05, 3.63) is 69.1 Å². The van der Waals surface area contributed by atoms with Gasteiger partial charge in [0.15, 0.2) is 0 Å². The molecule has 1 aliphatic rings. The highest BCUT2D eigenvalue weighted by Crippen LogP contribution is 2.21. The average Bonchev–Trinajstić information content (AvgIpc) is 2.47. The molecule has 0 unspecified atom stereocenters. The van der Waals surface area contributed by atoms with Crippen LogP contribution in [0.5, 0.6) is 0 Å². The van der Waals surface area contributed by atoms with Gasteiger partial charge < -0.3 is 10.1 Å². The smallest absolute Gasteiger partial charge is 0.336 e. The van der Waals surface area contributed by atoms with Gasteiger partial charge in [0.2, 0.25) is 5.56 Å². The van der Waals surface area contributed by atoms with Crippen molar-refractivity contribution >= 4 is 5.97 Å². The van der Waals surface area contributed by atoms with E-state index in [0.29, 0.717) is 13.0 Å². The maximum Gasteiger partial charge on any atom is 0.336 e. The number of carboxylic acids is 1. The van der Waals surface area contributed by atoms with Crippen LogP contribution in [0.4, 0.5) is 0 Å². The van der Waals surface area contributed by atoms with Gasteiger partial charge in [-0.05, 0) is 5.56 Å². The quantitative estimate of drug-likeness (QED) is 0.898. The van der Waals surface area contributed by atoms with E-state index >= 15 is 0 Å². The summed E-state index contributed by atoms with van der Waals surface area (Å²) in [6.07, 6.45) is 0.665. The Morgan fingerprint density at radius 1 is 1.29 bits per heavy atom. The molecule has 0 amide bonds. The molecular weight excluding hydrogens is 268 g/mol. The maximum absolute atomic E-state index is 11.5. The normalized spacial score (nSPS) is 14.7. The van der Waals surface area contributed by atoms with Gasteiger partial charge in [0.05, 0.1) is 5.56 Å². The van der Waals surface area contributed by atoms with Crippen LogP contribution in [0.3, 0.4) is 0 Å². The lowest BCUT2D eigenvalue weighted by atomic mass is 9.99. The van der Waals surface area contributed by atoms with Crippen molar-refractivity contribution in [2.24, 2.45) is 0 Å². The standard InChI is InChI=1S/C16H16N2O3/c19-15-8-12(16(20)21)13-10-18(7-6-14(13)17-15)9-11-4-2-1-3-5-11/h1-5,8H,6-7,9-10H2,(H,17,19)(H,20,21). The van der Waals surface area contributed by atoms with Gasteiger partial charge in [-0.15, -0.1) is 0 Å². The summed E-state index contributed by atoms with van der Waals surface area (Å²) in [5, 5.41) is 9.27. The van der Waals surface area contributed by atoms with Crippen LogP contribution < -0.4 is 5.56 Å². The lowest BCUT2D eigenvalue weighted by Crippen LogP contribution is -2.33. The van der Waals surface area contributed by atoms with Crippen LogP contribution in [0.1, 0.15) is 27.2 Å². The summed E-state index contributed by atoms with van der Waals surface area (Å²) in [5.74, 6) is -1.04. The van der Waals surface area contributed by atoms with Gasteiger partial charge in [0.1, 0.15) is 0 Å². The molecule has 3 rings (SSSR count). The Bertz CT molecular complexity index is 722. The van der Waals surface area contributed by atoms with Crippen molar-refractivity contribution in [1.29, 1.82) is 0 Å². The number of hydrogen-bond donors (Lipinski definition) is 2. The zero-order chi connectivity index (χ0) is 14.8. The van der Waals surface area contributed by atoms with Crippen molar-refractivity contribution in [2.75, 3.05) is 6.54 Å². The number of rotatable bonds is 3. The third-order valence-electron chi connectivity index (χ3n) is 3.78. The maximum atomic E-state index is 11.5. The SMILES string of the molecule is O=C(O)c1cc(=O)[nH]c2c1CN(Cc1ccccc1)CC2. The number of hydrogen-bond acceptors (Lipinski definition) is 3. The topological polar surface area (TPSA) is 73.4 Å². The molecule has 108 valence electrons. The second-order valence-corrected chi connectivity index (χ2v) is 5.26. The fourth-order valence-corrected chi connectivity index (χ4v) is 2.77. The van der Waals surface area contributed by atoms with Crippen molar-refractivity contribution in [2.45, 2.75) is 19.5 Å². The van der Waals surface area contributed by atoms with E-state index in [4.69, 9.17) is 0 Å². The first-order valence-electron chi connectivity index (χ1n) is 6.88. The lowest BCUT2D eigenvalue weighted by molar-refractivity contribution is 0.0693. The molecule has 0 spiro atoms. The molecular formula is C16H16N2O3. The number of aromatic amines is 1. The Morgan fingerprint density at radius 3 is 2.76 bits per heavy atom. The summed E-state index contributed by atoms with van der Waals surface area (Å²) < 4.78 is 0. The number of H-pyrrole nitrogens is 1. The van der Waals surface area contributed by atoms with Gasteiger partial charge in [0.25, 0.3) is 0 Å². The number of pyridine rings is 1. The van der Waals surface area contributed by atoms with Crippen molar-refractivity contribution in [3.8, 4) is 0 Å². The van der Waals surface area contributed by atoms with E-state index in [0.717, 1.165) is 24.3 Å². The van der Waals surface area contributed by atoms with E-state index in [1.165, 1.54) is 11.6 Å². The summed E-state index contributed by atoms with van der Waals surface area (Å²) in [5.41, 5.74) is 2.45. The van der Waals surface area contributed by atoms with Crippen LogP contribution >= 0.6 is 0 Å². The van der Waals surface area contributed by atoms with Crippen molar-refractivity contribution < 1.29 is 9.90 Å². The molecule has 0 aliphatic carbocycles. The first kappa shape index (κ1) is 13.6. The van der Waals surface area contributed by atoms with Crippen LogP contribution in [-0.2, 0) is 19.5 Å². The van der Waals surface area contributed by atoms with Gasteiger partial charge in [-0.25, -0.2) is 4.79 Å². The van der Waals surface area contributed by atoms with E-state index in [9.17, 15) is 14.7 Å². The molecule has 0 fully saturated rings. The lowest BCUT2D eigenvalue weighted by Gasteiger charge is -2.29. The second kappa shape index (κ2) is 5.54. The zero-order valence-corrected chi connectivity index (χ0v) is 11.5. The van der Waals surface area contributed by atoms with Gasteiger partial charge in [-0.3, -0.25) is 9.69 Å². The number of fused-ring (bicyclic) bond motifs is 1. The first-order chi connectivity index (χ1) is 10.1. The zero-order valence-electron chi connectivity index (χ0n) is 11.5. The Labute approximate surface area is 121 Å². The fourth-order valence-electron chi connectivity index (χ4n) is 2.77. The second-order valence-electron chi connectivity index (χ2n) is 5.26. The van der Waals surface area contributed by atoms with E-state index in [1.54, 1.807) is 0 Å². The Morgan fingerprint density at radius 2 is 2.05 bits per heavy atom. The van der Waals surface area contributed by atoms with Crippen LogP contribution in [0.2, 0.25) is 0 Å².